The second-order valence-corrected chi connectivity index (χ2v) is 7.19. The summed E-state index contributed by atoms with van der Waals surface area (Å²) in [6.07, 6.45) is 2.63. The number of thioether (sulfide) groups is 1. The second-order valence-electron chi connectivity index (χ2n) is 6.10. The molecular formula is C18H13FN8O3S. The largest absolute Gasteiger partial charge is 0.477 e. The summed E-state index contributed by atoms with van der Waals surface area (Å²) in [5.41, 5.74) is 6.73. The molecule has 0 aliphatic heterocycles. The highest BCUT2D eigenvalue weighted by Crippen LogP contribution is 2.37. The Morgan fingerprint density at radius 1 is 1.13 bits per heavy atom. The summed E-state index contributed by atoms with van der Waals surface area (Å²) in [6.45, 7) is 0. The number of carbonyl (C=O) groups is 2. The highest BCUT2D eigenvalue weighted by Gasteiger charge is 2.26. The number of nitrogen functional groups attached to an aromatic ring is 1. The van der Waals surface area contributed by atoms with Crippen LogP contribution in [0.1, 0.15) is 21.3 Å². The van der Waals surface area contributed by atoms with Gasteiger partial charge in [0.15, 0.2) is 11.3 Å². The van der Waals surface area contributed by atoms with Crippen molar-refractivity contribution in [2.75, 3.05) is 11.1 Å². The molecule has 4 aromatic rings. The van der Waals surface area contributed by atoms with Crippen LogP contribution in [0.3, 0.4) is 0 Å². The zero-order chi connectivity index (χ0) is 22.0. The zero-order valence-corrected chi connectivity index (χ0v) is 16.3. The molecule has 3 aromatic heterocycles. The normalized spacial score (nSPS) is 11.9. The Balaban J connectivity index is 1.69. The molecular weight excluding hydrogens is 427 g/mol. The van der Waals surface area contributed by atoms with Crippen molar-refractivity contribution in [1.82, 2.24) is 29.9 Å². The Morgan fingerprint density at radius 2 is 1.90 bits per heavy atom. The summed E-state index contributed by atoms with van der Waals surface area (Å²) >= 11 is 1.03. The van der Waals surface area contributed by atoms with Crippen molar-refractivity contribution >= 4 is 46.7 Å². The van der Waals surface area contributed by atoms with Crippen LogP contribution in [0.4, 0.5) is 16.3 Å². The van der Waals surface area contributed by atoms with Crippen molar-refractivity contribution < 1.29 is 19.1 Å². The quantitative estimate of drug-likeness (QED) is 0.257. The number of benzene rings is 1. The lowest BCUT2D eigenvalue weighted by molar-refractivity contribution is -0.115. The minimum absolute atomic E-state index is 0.0298. The summed E-state index contributed by atoms with van der Waals surface area (Å²) in [7, 11) is 0. The molecule has 0 saturated heterocycles. The first-order valence-electron chi connectivity index (χ1n) is 8.66. The van der Waals surface area contributed by atoms with Crippen molar-refractivity contribution in [2.24, 2.45) is 0 Å². The number of carboxylic acid groups (broad SMARTS) is 1. The van der Waals surface area contributed by atoms with E-state index in [4.69, 9.17) is 10.8 Å². The molecule has 0 radical (unpaired) electrons. The Labute approximate surface area is 177 Å². The van der Waals surface area contributed by atoms with E-state index in [0.717, 1.165) is 11.8 Å². The Morgan fingerprint density at radius 3 is 2.65 bits per heavy atom. The van der Waals surface area contributed by atoms with Crippen LogP contribution in [0.5, 0.6) is 0 Å². The maximum absolute atomic E-state index is 13.4. The molecule has 0 bridgehead atoms. The predicted molar refractivity (Wildman–Crippen MR) is 109 cm³/mol. The number of rotatable bonds is 6. The van der Waals surface area contributed by atoms with Gasteiger partial charge in [0.05, 0.1) is 6.33 Å². The first-order valence-corrected chi connectivity index (χ1v) is 9.54. The SMILES string of the molecule is Nc1nc(S[C@H](C(=O)Nc2nccc(C(=O)O)n2)c2ccc(F)cc2)c2[nH]cnc2n1. The minimum Gasteiger partial charge on any atom is -0.477 e. The fraction of sp³-hybridized carbons (Fsp3) is 0.0556. The molecule has 0 aliphatic rings. The number of hydrogen-bond acceptors (Lipinski definition) is 9. The van der Waals surface area contributed by atoms with E-state index in [-0.39, 0.29) is 17.6 Å². The van der Waals surface area contributed by atoms with Crippen molar-refractivity contribution in [1.29, 1.82) is 0 Å². The average Bonchev–Trinajstić information content (AvgIpc) is 3.21. The third-order valence-electron chi connectivity index (χ3n) is 4.02. The number of nitrogens with one attached hydrogen (secondary N) is 2. The van der Waals surface area contributed by atoms with Crippen molar-refractivity contribution in [2.45, 2.75) is 10.3 Å². The van der Waals surface area contributed by atoms with Gasteiger partial charge in [-0.2, -0.15) is 4.98 Å². The van der Waals surface area contributed by atoms with E-state index < -0.39 is 22.9 Å². The number of aromatic carboxylic acids is 1. The maximum atomic E-state index is 13.4. The van der Waals surface area contributed by atoms with Gasteiger partial charge in [-0.15, -0.1) is 0 Å². The van der Waals surface area contributed by atoms with Crippen LogP contribution in [-0.4, -0.2) is 46.9 Å². The Bertz CT molecular complexity index is 1280. The van der Waals surface area contributed by atoms with E-state index in [2.05, 4.69) is 35.2 Å². The number of H-pyrrole nitrogens is 1. The summed E-state index contributed by atoms with van der Waals surface area (Å²) < 4.78 is 13.4. The summed E-state index contributed by atoms with van der Waals surface area (Å²) in [6, 6.07) is 6.55. The molecule has 0 saturated carbocycles. The van der Waals surface area contributed by atoms with E-state index in [9.17, 15) is 14.0 Å². The van der Waals surface area contributed by atoms with Gasteiger partial charge in [0.1, 0.15) is 21.6 Å². The number of amides is 1. The molecule has 1 aromatic carbocycles. The van der Waals surface area contributed by atoms with Gasteiger partial charge in [-0.1, -0.05) is 23.9 Å². The molecule has 156 valence electrons. The van der Waals surface area contributed by atoms with Crippen LogP contribution < -0.4 is 11.1 Å². The number of hydrogen-bond donors (Lipinski definition) is 4. The van der Waals surface area contributed by atoms with Gasteiger partial charge in [0, 0.05) is 6.20 Å². The first kappa shape index (κ1) is 20.2. The van der Waals surface area contributed by atoms with Crippen LogP contribution in [0.15, 0.2) is 47.9 Å². The van der Waals surface area contributed by atoms with Gasteiger partial charge in [-0.25, -0.2) is 29.1 Å². The first-order chi connectivity index (χ1) is 14.9. The van der Waals surface area contributed by atoms with Crippen molar-refractivity contribution in [3.8, 4) is 0 Å². The summed E-state index contributed by atoms with van der Waals surface area (Å²) in [5, 5.41) is 11.0. The molecule has 4 rings (SSSR count). The molecule has 1 atom stereocenters. The van der Waals surface area contributed by atoms with Gasteiger partial charge >= 0.3 is 5.97 Å². The summed E-state index contributed by atoms with van der Waals surface area (Å²) in [5.74, 6) is -2.53. The van der Waals surface area contributed by atoms with Gasteiger partial charge in [-0.3, -0.25) is 10.1 Å². The van der Waals surface area contributed by atoms with E-state index in [1.807, 2.05) is 0 Å². The number of halogens is 1. The standard InChI is InChI=1S/C18H13FN8O3S/c19-9-3-1-8(2-4-9)12(14(28)26-18-21-6-5-10(24-18)16(29)30)31-15-11-13(23-7-22-11)25-17(20)27-15/h1-7,12H,(H,29,30)(H,21,24,26,28)(H3,20,22,23,25,27)/t12-/m0/s1. The molecule has 13 heteroatoms. The molecule has 31 heavy (non-hydrogen) atoms. The monoisotopic (exact) mass is 440 g/mol. The molecule has 0 unspecified atom stereocenters. The van der Waals surface area contributed by atoms with Crippen molar-refractivity contribution in [3.05, 3.63) is 59.9 Å². The minimum atomic E-state index is -1.26. The number of aromatic nitrogens is 6. The number of carbonyl (C=O) groups excluding carboxylic acids is 1. The smallest absolute Gasteiger partial charge is 0.354 e. The number of aromatic amines is 1. The van der Waals surface area contributed by atoms with E-state index in [1.165, 1.54) is 42.9 Å². The third-order valence-corrected chi connectivity index (χ3v) is 5.26. The number of carboxylic acids is 1. The van der Waals surface area contributed by atoms with Crippen LogP contribution in [-0.2, 0) is 4.79 Å². The van der Waals surface area contributed by atoms with Gasteiger partial charge in [0.2, 0.25) is 17.8 Å². The van der Waals surface area contributed by atoms with Gasteiger partial charge in [-0.05, 0) is 23.8 Å². The lowest BCUT2D eigenvalue weighted by Crippen LogP contribution is -2.21. The average molecular weight is 440 g/mol. The molecule has 0 aliphatic carbocycles. The number of fused-ring (bicyclic) bond motifs is 1. The number of nitrogens with two attached hydrogens (primary N) is 1. The zero-order valence-electron chi connectivity index (χ0n) is 15.5. The lowest BCUT2D eigenvalue weighted by Gasteiger charge is -2.16. The predicted octanol–water partition coefficient (Wildman–Crippen LogP) is 2.03. The molecule has 0 spiro atoms. The van der Waals surface area contributed by atoms with E-state index in [0.29, 0.717) is 21.8 Å². The third kappa shape index (κ3) is 4.40. The number of anilines is 2. The van der Waals surface area contributed by atoms with Gasteiger partial charge < -0.3 is 15.8 Å². The fourth-order valence-electron chi connectivity index (χ4n) is 2.64. The fourth-order valence-corrected chi connectivity index (χ4v) is 3.74. The van der Waals surface area contributed by atoms with Crippen LogP contribution >= 0.6 is 11.8 Å². The second kappa shape index (κ2) is 8.31. The van der Waals surface area contributed by atoms with Gasteiger partial charge in [0.25, 0.3) is 0 Å². The molecule has 5 N–H and O–H groups in total. The molecule has 11 nitrogen and oxygen atoms in total. The number of nitrogens with zero attached hydrogens (tertiary/aromatic N) is 5. The maximum Gasteiger partial charge on any atom is 0.354 e. The van der Waals surface area contributed by atoms with E-state index >= 15 is 0 Å². The van der Waals surface area contributed by atoms with Crippen LogP contribution in [0.2, 0.25) is 0 Å². The van der Waals surface area contributed by atoms with Crippen molar-refractivity contribution in [3.63, 3.8) is 0 Å². The highest BCUT2D eigenvalue weighted by molar-refractivity contribution is 8.00. The molecule has 1 amide bonds. The van der Waals surface area contributed by atoms with Crippen LogP contribution in [0, 0.1) is 5.82 Å². The Hall–Kier alpha value is -4.13. The lowest BCUT2D eigenvalue weighted by atomic mass is 10.1. The van der Waals surface area contributed by atoms with Crippen LogP contribution in [0.25, 0.3) is 11.2 Å². The Kier molecular flexibility index (Phi) is 5.41. The highest BCUT2D eigenvalue weighted by atomic mass is 32.2. The topological polar surface area (TPSA) is 173 Å². The summed E-state index contributed by atoms with van der Waals surface area (Å²) in [4.78, 5) is 47.0. The number of imidazole rings is 1. The molecule has 3 heterocycles. The molecule has 0 fully saturated rings. The van der Waals surface area contributed by atoms with E-state index in [1.54, 1.807) is 0 Å².